The van der Waals surface area contributed by atoms with Crippen molar-refractivity contribution in [3.63, 3.8) is 0 Å². The van der Waals surface area contributed by atoms with E-state index in [9.17, 15) is 13.2 Å². The molecule has 0 amide bonds. The fourth-order valence-corrected chi connectivity index (χ4v) is 3.16. The lowest BCUT2D eigenvalue weighted by Crippen LogP contribution is -2.05. The number of aromatic nitrogens is 1. The molecule has 7 heteroatoms. The summed E-state index contributed by atoms with van der Waals surface area (Å²) in [5, 5.41) is 0. The lowest BCUT2D eigenvalue weighted by atomic mass is 10.1. The average Bonchev–Trinajstić information content (AvgIpc) is 3.00. The van der Waals surface area contributed by atoms with Gasteiger partial charge in [0.2, 0.25) is 0 Å². The zero-order valence-electron chi connectivity index (χ0n) is 12.1. The number of hydrogen-bond donors (Lipinski definition) is 0. The van der Waals surface area contributed by atoms with E-state index in [0.29, 0.717) is 6.54 Å². The van der Waals surface area contributed by atoms with Crippen LogP contribution in [0.1, 0.15) is 16.0 Å². The fraction of sp³-hybridized carbons (Fsp3) is 0.188. The van der Waals surface area contributed by atoms with Gasteiger partial charge in [-0.3, -0.25) is 0 Å². The minimum absolute atomic E-state index is 0.250. The smallest absolute Gasteiger partial charge is 0.342 e. The minimum atomic E-state index is -4.27. The van der Waals surface area contributed by atoms with Crippen LogP contribution in [0.5, 0.6) is 0 Å². The highest BCUT2D eigenvalue weighted by Gasteiger charge is 2.29. The molecule has 1 aromatic carbocycles. The van der Waals surface area contributed by atoms with E-state index in [1.54, 1.807) is 11.3 Å². The highest BCUT2D eigenvalue weighted by molar-refractivity contribution is 7.18. The van der Waals surface area contributed by atoms with Crippen molar-refractivity contribution < 1.29 is 22.8 Å². The molecule has 2 aromatic heterocycles. The molecule has 0 radical (unpaired) electrons. The molecule has 2 heterocycles. The molecular weight excluding hydrogens is 327 g/mol. The maximum atomic E-state index is 12.5. The number of halogens is 3. The van der Waals surface area contributed by atoms with Crippen LogP contribution in [0.4, 0.5) is 13.2 Å². The lowest BCUT2D eigenvalue weighted by Gasteiger charge is -2.08. The van der Waals surface area contributed by atoms with E-state index < -0.39 is 11.7 Å². The van der Waals surface area contributed by atoms with Crippen LogP contribution in [0.15, 0.2) is 42.6 Å². The summed E-state index contributed by atoms with van der Waals surface area (Å²) in [7, 11) is 0. The maximum absolute atomic E-state index is 12.5. The summed E-state index contributed by atoms with van der Waals surface area (Å²) < 4.78 is 40.8. The van der Waals surface area contributed by atoms with Crippen molar-refractivity contribution in [1.29, 1.82) is 0 Å². The third-order valence-corrected chi connectivity index (χ3v) is 4.22. The molecule has 0 aliphatic heterocycles. The van der Waals surface area contributed by atoms with Crippen LogP contribution in [0, 0.1) is 6.92 Å². The highest BCUT2D eigenvalue weighted by Crippen LogP contribution is 2.30. The SMILES string of the molecule is Cc1cc2c(ccn2Cc2ccc(C(F)(F)F)cc2)s1.O=C=O. The molecular formula is C16H12F3NO2S. The molecule has 0 aliphatic carbocycles. The molecule has 0 atom stereocenters. The topological polar surface area (TPSA) is 39.1 Å². The molecule has 3 aromatic rings. The van der Waals surface area contributed by atoms with Gasteiger partial charge in [-0.05, 0) is 36.8 Å². The highest BCUT2D eigenvalue weighted by atomic mass is 32.1. The predicted octanol–water partition coefficient (Wildman–Crippen LogP) is 4.49. The Morgan fingerprint density at radius 2 is 1.74 bits per heavy atom. The van der Waals surface area contributed by atoms with Gasteiger partial charge in [0.05, 0.1) is 15.8 Å². The van der Waals surface area contributed by atoms with E-state index in [1.807, 2.05) is 19.2 Å². The Kier molecular flexibility index (Phi) is 5.03. The second-order valence-corrected chi connectivity index (χ2v) is 6.12. The molecule has 120 valence electrons. The Hall–Kier alpha value is -2.37. The minimum Gasteiger partial charge on any atom is -0.342 e. The number of alkyl halides is 3. The summed E-state index contributed by atoms with van der Waals surface area (Å²) in [6.45, 7) is 2.63. The van der Waals surface area contributed by atoms with Crippen molar-refractivity contribution in [3.8, 4) is 0 Å². The Balaban J connectivity index is 0.000000595. The first-order valence-corrected chi connectivity index (χ1v) is 7.37. The largest absolute Gasteiger partial charge is 0.416 e. The Labute approximate surface area is 134 Å². The standard InChI is InChI=1S/C15H12F3NS.CO2/c1-10-8-13-14(20-10)6-7-19(13)9-11-2-4-12(5-3-11)15(16,17)18;2-1-3/h2-8H,9H2,1H3;. The summed E-state index contributed by atoms with van der Waals surface area (Å²) in [5.41, 5.74) is 1.39. The molecule has 0 aliphatic rings. The predicted molar refractivity (Wildman–Crippen MR) is 80.1 cm³/mol. The second-order valence-electron chi connectivity index (χ2n) is 4.83. The van der Waals surface area contributed by atoms with Crippen LogP contribution in [0.2, 0.25) is 0 Å². The third kappa shape index (κ3) is 4.09. The first-order valence-electron chi connectivity index (χ1n) is 6.56. The lowest BCUT2D eigenvalue weighted by molar-refractivity contribution is -0.191. The van der Waals surface area contributed by atoms with E-state index in [2.05, 4.69) is 10.6 Å². The summed E-state index contributed by atoms with van der Waals surface area (Å²) in [6, 6.07) is 9.48. The molecule has 23 heavy (non-hydrogen) atoms. The van der Waals surface area contributed by atoms with Crippen LogP contribution < -0.4 is 0 Å². The number of rotatable bonds is 2. The number of carbonyl (C=O) groups excluding carboxylic acids is 2. The van der Waals surface area contributed by atoms with Crippen molar-refractivity contribution in [2.24, 2.45) is 0 Å². The molecule has 0 saturated carbocycles. The fourth-order valence-electron chi connectivity index (χ4n) is 2.23. The number of thiophene rings is 1. The first kappa shape index (κ1) is 17.0. The van der Waals surface area contributed by atoms with Crippen molar-refractivity contribution in [1.82, 2.24) is 4.57 Å². The van der Waals surface area contributed by atoms with E-state index in [4.69, 9.17) is 9.59 Å². The van der Waals surface area contributed by atoms with Gasteiger partial charge in [-0.2, -0.15) is 22.8 Å². The van der Waals surface area contributed by atoms with Crippen molar-refractivity contribution >= 4 is 27.7 Å². The summed E-state index contributed by atoms with van der Waals surface area (Å²) in [5.74, 6) is 0. The molecule has 0 fully saturated rings. The van der Waals surface area contributed by atoms with E-state index in [0.717, 1.165) is 23.2 Å². The number of fused-ring (bicyclic) bond motifs is 1. The third-order valence-electron chi connectivity index (χ3n) is 3.21. The van der Waals surface area contributed by atoms with Crippen LogP contribution in [-0.4, -0.2) is 10.7 Å². The van der Waals surface area contributed by atoms with Gasteiger partial charge < -0.3 is 4.57 Å². The van der Waals surface area contributed by atoms with Gasteiger partial charge in [-0.1, -0.05) is 12.1 Å². The van der Waals surface area contributed by atoms with Crippen LogP contribution in [-0.2, 0) is 22.3 Å². The average molecular weight is 339 g/mol. The Morgan fingerprint density at radius 3 is 2.30 bits per heavy atom. The molecule has 0 bridgehead atoms. The summed E-state index contributed by atoms with van der Waals surface area (Å²) in [4.78, 5) is 17.5. The quantitative estimate of drug-likeness (QED) is 0.690. The number of benzene rings is 1. The van der Waals surface area contributed by atoms with Crippen molar-refractivity contribution in [3.05, 3.63) is 58.6 Å². The van der Waals surface area contributed by atoms with Crippen molar-refractivity contribution in [2.45, 2.75) is 19.6 Å². The van der Waals surface area contributed by atoms with Gasteiger partial charge in [-0.25, -0.2) is 0 Å². The number of aryl methyl sites for hydroxylation is 1. The van der Waals surface area contributed by atoms with Gasteiger partial charge in [0, 0.05) is 17.6 Å². The number of hydrogen-bond acceptors (Lipinski definition) is 3. The molecule has 0 N–H and O–H groups in total. The summed E-state index contributed by atoms with van der Waals surface area (Å²) >= 11 is 1.72. The van der Waals surface area contributed by atoms with Crippen molar-refractivity contribution in [2.75, 3.05) is 0 Å². The molecule has 3 rings (SSSR count). The van der Waals surface area contributed by atoms with Crippen LogP contribution in [0.3, 0.4) is 0 Å². The Bertz CT molecular complexity index is 825. The van der Waals surface area contributed by atoms with Gasteiger partial charge in [0.25, 0.3) is 0 Å². The normalized spacial score (nSPS) is 11.0. The Morgan fingerprint density at radius 1 is 1.13 bits per heavy atom. The molecule has 3 nitrogen and oxygen atoms in total. The van der Waals surface area contributed by atoms with Crippen LogP contribution >= 0.6 is 11.3 Å². The molecule has 0 saturated heterocycles. The number of nitrogens with zero attached hydrogens (tertiary/aromatic N) is 1. The van der Waals surface area contributed by atoms with E-state index in [-0.39, 0.29) is 6.15 Å². The van der Waals surface area contributed by atoms with Gasteiger partial charge >= 0.3 is 12.3 Å². The summed E-state index contributed by atoms with van der Waals surface area (Å²) in [6.07, 6.45) is -2.05. The van der Waals surface area contributed by atoms with Gasteiger partial charge in [-0.15, -0.1) is 11.3 Å². The molecule has 0 spiro atoms. The zero-order chi connectivity index (χ0) is 17.0. The van der Waals surface area contributed by atoms with Crippen LogP contribution in [0.25, 0.3) is 10.2 Å². The molecule has 0 unspecified atom stereocenters. The zero-order valence-corrected chi connectivity index (χ0v) is 12.9. The van der Waals surface area contributed by atoms with E-state index >= 15 is 0 Å². The van der Waals surface area contributed by atoms with E-state index in [1.165, 1.54) is 21.7 Å². The van der Waals surface area contributed by atoms with Gasteiger partial charge in [0.1, 0.15) is 0 Å². The first-order chi connectivity index (χ1) is 10.8. The second kappa shape index (κ2) is 6.81. The van der Waals surface area contributed by atoms with Gasteiger partial charge in [0.15, 0.2) is 0 Å². The monoisotopic (exact) mass is 339 g/mol. The maximum Gasteiger partial charge on any atom is 0.416 e.